The van der Waals surface area contributed by atoms with Crippen molar-refractivity contribution in [3.63, 3.8) is 0 Å². The molecule has 0 bridgehead atoms. The molecule has 2 atom stereocenters. The molecular formula is C18H33NO4. The van der Waals surface area contributed by atoms with E-state index < -0.39 is 11.3 Å². The van der Waals surface area contributed by atoms with E-state index in [1.54, 1.807) is 4.90 Å². The van der Waals surface area contributed by atoms with Gasteiger partial charge in [0.1, 0.15) is 11.3 Å². The topological polar surface area (TPSA) is 59.0 Å². The molecule has 2 rings (SSSR count). The minimum atomic E-state index is -0.666. The van der Waals surface area contributed by atoms with Gasteiger partial charge >= 0.3 is 6.09 Å². The Kier molecular flexibility index (Phi) is 5.62. The van der Waals surface area contributed by atoms with Gasteiger partial charge in [0, 0.05) is 6.61 Å². The van der Waals surface area contributed by atoms with Crippen LogP contribution in [0.1, 0.15) is 66.7 Å². The highest BCUT2D eigenvalue weighted by Gasteiger charge is 2.48. The van der Waals surface area contributed by atoms with Gasteiger partial charge in [0.2, 0.25) is 0 Å². The fourth-order valence-electron chi connectivity index (χ4n) is 3.64. The summed E-state index contributed by atoms with van der Waals surface area (Å²) >= 11 is 0. The first kappa shape index (κ1) is 18.5. The summed E-state index contributed by atoms with van der Waals surface area (Å²) in [6, 6.07) is -0.0207. The number of nitrogens with zero attached hydrogens (tertiary/aromatic N) is 1. The maximum absolute atomic E-state index is 12.7. The molecule has 2 aliphatic rings. The third-order valence-electron chi connectivity index (χ3n) is 5.01. The van der Waals surface area contributed by atoms with Gasteiger partial charge in [0.25, 0.3) is 0 Å². The summed E-state index contributed by atoms with van der Waals surface area (Å²) in [5, 5.41) is 9.47. The summed E-state index contributed by atoms with van der Waals surface area (Å²) < 4.78 is 11.5. The van der Waals surface area contributed by atoms with Crippen LogP contribution in [0.2, 0.25) is 0 Å². The van der Waals surface area contributed by atoms with Crippen molar-refractivity contribution < 1.29 is 19.4 Å². The zero-order chi connectivity index (χ0) is 17.3. The first-order valence-corrected chi connectivity index (χ1v) is 8.91. The number of rotatable bonds is 5. The van der Waals surface area contributed by atoms with Gasteiger partial charge in [-0.05, 0) is 59.3 Å². The number of ether oxygens (including phenoxy) is 2. The van der Waals surface area contributed by atoms with E-state index in [0.29, 0.717) is 13.0 Å². The van der Waals surface area contributed by atoms with E-state index >= 15 is 0 Å². The molecule has 134 valence electrons. The van der Waals surface area contributed by atoms with Gasteiger partial charge in [0.15, 0.2) is 0 Å². The highest BCUT2D eigenvalue weighted by Crippen LogP contribution is 2.39. The second-order valence-corrected chi connectivity index (χ2v) is 8.48. The zero-order valence-corrected chi connectivity index (χ0v) is 15.3. The summed E-state index contributed by atoms with van der Waals surface area (Å²) in [4.78, 5) is 14.5. The number of carbonyl (C=O) groups excluding carboxylic acids is 1. The Bertz CT molecular complexity index is 412. The molecular weight excluding hydrogens is 294 g/mol. The predicted molar refractivity (Wildman–Crippen MR) is 89.0 cm³/mol. The van der Waals surface area contributed by atoms with Crippen molar-refractivity contribution in [2.24, 2.45) is 11.8 Å². The molecule has 23 heavy (non-hydrogen) atoms. The normalized spacial score (nSPS) is 26.0. The highest BCUT2D eigenvalue weighted by atomic mass is 16.6. The van der Waals surface area contributed by atoms with Crippen LogP contribution in [0, 0.1) is 11.8 Å². The summed E-state index contributed by atoms with van der Waals surface area (Å²) in [6.45, 7) is 10.1. The third kappa shape index (κ3) is 4.60. The quantitative estimate of drug-likeness (QED) is 0.839. The van der Waals surface area contributed by atoms with Crippen molar-refractivity contribution >= 4 is 6.09 Å². The van der Waals surface area contributed by atoms with Crippen LogP contribution in [-0.2, 0) is 9.47 Å². The van der Waals surface area contributed by atoms with E-state index in [1.807, 2.05) is 34.6 Å². The molecule has 0 unspecified atom stereocenters. The Morgan fingerprint density at radius 1 is 1.39 bits per heavy atom. The van der Waals surface area contributed by atoms with Gasteiger partial charge in [-0.1, -0.05) is 19.3 Å². The molecule has 0 radical (unpaired) electrons. The van der Waals surface area contributed by atoms with E-state index in [-0.39, 0.29) is 24.7 Å². The number of aliphatic hydroxyl groups is 1. The number of carbonyl (C=O) groups is 1. The molecule has 0 spiro atoms. The molecule has 1 N–H and O–H groups in total. The van der Waals surface area contributed by atoms with Crippen LogP contribution < -0.4 is 0 Å². The van der Waals surface area contributed by atoms with Gasteiger partial charge in [-0.25, -0.2) is 4.79 Å². The number of hydrogen-bond acceptors (Lipinski definition) is 4. The SMILES string of the molecule is CC(C)(C)OC(=O)N1[C@H]([C@@H](CCO)CC2CCC2)COC1(C)C. The van der Waals surface area contributed by atoms with E-state index in [2.05, 4.69) is 0 Å². The van der Waals surface area contributed by atoms with Gasteiger partial charge in [0.05, 0.1) is 12.6 Å². The van der Waals surface area contributed by atoms with Gasteiger partial charge < -0.3 is 14.6 Å². The Morgan fingerprint density at radius 2 is 2.04 bits per heavy atom. The highest BCUT2D eigenvalue weighted by molar-refractivity contribution is 5.69. The molecule has 1 saturated heterocycles. The molecule has 1 aliphatic carbocycles. The van der Waals surface area contributed by atoms with Crippen molar-refractivity contribution in [2.75, 3.05) is 13.2 Å². The Morgan fingerprint density at radius 3 is 2.52 bits per heavy atom. The molecule has 1 aliphatic heterocycles. The minimum Gasteiger partial charge on any atom is -0.444 e. The molecule has 1 saturated carbocycles. The molecule has 1 amide bonds. The van der Waals surface area contributed by atoms with E-state index in [9.17, 15) is 9.90 Å². The van der Waals surface area contributed by atoms with Crippen LogP contribution in [0.15, 0.2) is 0 Å². The lowest BCUT2D eigenvalue weighted by atomic mass is 9.76. The van der Waals surface area contributed by atoms with Gasteiger partial charge in [-0.15, -0.1) is 0 Å². The molecule has 2 fully saturated rings. The van der Waals surface area contributed by atoms with Crippen LogP contribution >= 0.6 is 0 Å². The smallest absolute Gasteiger partial charge is 0.412 e. The predicted octanol–water partition coefficient (Wildman–Crippen LogP) is 3.55. The maximum Gasteiger partial charge on any atom is 0.412 e. The lowest BCUT2D eigenvalue weighted by molar-refractivity contribution is -0.0654. The summed E-state index contributed by atoms with van der Waals surface area (Å²) in [5.41, 5.74) is -1.19. The summed E-state index contributed by atoms with van der Waals surface area (Å²) in [7, 11) is 0. The summed E-state index contributed by atoms with van der Waals surface area (Å²) in [5.74, 6) is 0.996. The Hall–Kier alpha value is -0.810. The average molecular weight is 327 g/mol. The molecule has 1 heterocycles. The van der Waals surface area contributed by atoms with Crippen LogP contribution in [0.25, 0.3) is 0 Å². The van der Waals surface area contributed by atoms with Gasteiger partial charge in [-0.2, -0.15) is 0 Å². The Labute approximate surface area is 140 Å². The average Bonchev–Trinajstić information content (AvgIpc) is 2.65. The molecule has 0 aromatic heterocycles. The van der Waals surface area contributed by atoms with Crippen LogP contribution in [-0.4, -0.2) is 46.7 Å². The van der Waals surface area contributed by atoms with Crippen molar-refractivity contribution in [2.45, 2.75) is 84.1 Å². The van der Waals surface area contributed by atoms with Crippen molar-refractivity contribution in [3.05, 3.63) is 0 Å². The van der Waals surface area contributed by atoms with Crippen molar-refractivity contribution in [3.8, 4) is 0 Å². The van der Waals surface area contributed by atoms with Crippen LogP contribution in [0.4, 0.5) is 4.79 Å². The lowest BCUT2D eigenvalue weighted by Gasteiger charge is -2.39. The summed E-state index contributed by atoms with van der Waals surface area (Å²) in [6.07, 6.45) is 5.29. The van der Waals surface area contributed by atoms with Crippen molar-refractivity contribution in [1.82, 2.24) is 4.90 Å². The van der Waals surface area contributed by atoms with Gasteiger partial charge in [-0.3, -0.25) is 4.90 Å². The maximum atomic E-state index is 12.7. The van der Waals surface area contributed by atoms with Crippen molar-refractivity contribution in [1.29, 1.82) is 0 Å². The Balaban J connectivity index is 2.14. The lowest BCUT2D eigenvalue weighted by Crippen LogP contribution is -2.52. The molecule has 0 aromatic carbocycles. The second kappa shape index (κ2) is 6.98. The van der Waals surface area contributed by atoms with E-state index in [4.69, 9.17) is 9.47 Å². The third-order valence-corrected chi connectivity index (χ3v) is 5.01. The van der Waals surface area contributed by atoms with Crippen LogP contribution in [0.3, 0.4) is 0 Å². The molecule has 5 heteroatoms. The molecule has 0 aromatic rings. The fourth-order valence-corrected chi connectivity index (χ4v) is 3.64. The standard InChI is InChI=1S/C18H33NO4/c1-17(2,3)23-16(21)19-15(12-22-18(19,4)5)14(9-10-20)11-13-7-6-8-13/h13-15,20H,6-12H2,1-5H3/t14-,15-/m0/s1. The van der Waals surface area contributed by atoms with E-state index in [1.165, 1.54) is 19.3 Å². The molecule has 5 nitrogen and oxygen atoms in total. The van der Waals surface area contributed by atoms with Crippen LogP contribution in [0.5, 0.6) is 0 Å². The monoisotopic (exact) mass is 327 g/mol. The first-order valence-electron chi connectivity index (χ1n) is 8.91. The number of amides is 1. The number of aliphatic hydroxyl groups excluding tert-OH is 1. The second-order valence-electron chi connectivity index (χ2n) is 8.48. The van der Waals surface area contributed by atoms with E-state index in [0.717, 1.165) is 12.3 Å². The minimum absolute atomic E-state index is 0.0207. The zero-order valence-electron chi connectivity index (χ0n) is 15.3. The number of hydrogen-bond donors (Lipinski definition) is 1. The largest absolute Gasteiger partial charge is 0.444 e. The fraction of sp³-hybridized carbons (Fsp3) is 0.944. The first-order chi connectivity index (χ1) is 10.6.